The summed E-state index contributed by atoms with van der Waals surface area (Å²) in [6.45, 7) is 2.67. The molecule has 0 amide bonds. The third-order valence-corrected chi connectivity index (χ3v) is 3.57. The standard InChI is InChI=1S/C18H19FN2O/c1-13(10-18(22)16-6-8-17(19)9-7-16)21-12-15-4-2-14(11-20)3-5-15/h2-9,13,18,21-22H,10,12H2,1H3. The van der Waals surface area contributed by atoms with Crippen molar-refractivity contribution in [2.45, 2.75) is 32.0 Å². The lowest BCUT2D eigenvalue weighted by molar-refractivity contribution is 0.153. The molecule has 0 spiro atoms. The molecule has 4 heteroatoms. The van der Waals surface area contributed by atoms with Gasteiger partial charge < -0.3 is 10.4 Å². The Labute approximate surface area is 130 Å². The third kappa shape index (κ3) is 4.66. The van der Waals surface area contributed by atoms with Crippen molar-refractivity contribution in [1.82, 2.24) is 5.32 Å². The van der Waals surface area contributed by atoms with Gasteiger partial charge in [0.15, 0.2) is 0 Å². The minimum Gasteiger partial charge on any atom is -0.388 e. The zero-order valence-electron chi connectivity index (χ0n) is 12.5. The van der Waals surface area contributed by atoms with E-state index in [0.29, 0.717) is 24.1 Å². The van der Waals surface area contributed by atoms with Crippen molar-refractivity contribution < 1.29 is 9.50 Å². The van der Waals surface area contributed by atoms with Crippen LogP contribution in [-0.2, 0) is 6.54 Å². The molecule has 2 N–H and O–H groups in total. The first kappa shape index (κ1) is 16.2. The number of rotatable bonds is 6. The molecule has 0 fully saturated rings. The van der Waals surface area contributed by atoms with Crippen molar-refractivity contribution in [3.63, 3.8) is 0 Å². The molecule has 0 heterocycles. The van der Waals surface area contributed by atoms with Gasteiger partial charge in [-0.2, -0.15) is 5.26 Å². The van der Waals surface area contributed by atoms with Crippen molar-refractivity contribution in [3.8, 4) is 6.07 Å². The lowest BCUT2D eigenvalue weighted by Gasteiger charge is -2.18. The lowest BCUT2D eigenvalue weighted by Crippen LogP contribution is -2.27. The summed E-state index contributed by atoms with van der Waals surface area (Å²) < 4.78 is 12.9. The van der Waals surface area contributed by atoms with Crippen LogP contribution in [0.5, 0.6) is 0 Å². The van der Waals surface area contributed by atoms with E-state index in [-0.39, 0.29) is 11.9 Å². The summed E-state index contributed by atoms with van der Waals surface area (Å²) >= 11 is 0. The van der Waals surface area contributed by atoms with Gasteiger partial charge in [0.25, 0.3) is 0 Å². The van der Waals surface area contributed by atoms with E-state index in [1.807, 2.05) is 19.1 Å². The average Bonchev–Trinajstić information content (AvgIpc) is 2.54. The highest BCUT2D eigenvalue weighted by Gasteiger charge is 2.12. The first-order chi connectivity index (χ1) is 10.6. The van der Waals surface area contributed by atoms with Crippen LogP contribution < -0.4 is 5.32 Å². The van der Waals surface area contributed by atoms with E-state index in [0.717, 1.165) is 5.56 Å². The molecule has 114 valence electrons. The van der Waals surface area contributed by atoms with Gasteiger partial charge in [-0.05, 0) is 48.7 Å². The smallest absolute Gasteiger partial charge is 0.123 e. The minimum atomic E-state index is -0.621. The first-order valence-electron chi connectivity index (χ1n) is 7.24. The quantitative estimate of drug-likeness (QED) is 0.860. The predicted molar refractivity (Wildman–Crippen MR) is 83.4 cm³/mol. The molecule has 2 aromatic rings. The van der Waals surface area contributed by atoms with Crippen LogP contribution >= 0.6 is 0 Å². The summed E-state index contributed by atoms with van der Waals surface area (Å²) in [5.74, 6) is -0.303. The molecule has 0 aliphatic rings. The Kier molecular flexibility index (Phi) is 5.65. The fourth-order valence-corrected chi connectivity index (χ4v) is 2.23. The first-order valence-corrected chi connectivity index (χ1v) is 7.24. The Morgan fingerprint density at radius 3 is 2.36 bits per heavy atom. The van der Waals surface area contributed by atoms with Crippen molar-refractivity contribution in [2.75, 3.05) is 0 Å². The van der Waals surface area contributed by atoms with Crippen molar-refractivity contribution in [3.05, 3.63) is 71.0 Å². The number of aliphatic hydroxyl groups is 1. The van der Waals surface area contributed by atoms with E-state index >= 15 is 0 Å². The second-order valence-electron chi connectivity index (χ2n) is 5.39. The molecule has 3 nitrogen and oxygen atoms in total. The minimum absolute atomic E-state index is 0.107. The van der Waals surface area contributed by atoms with Gasteiger partial charge in [0, 0.05) is 12.6 Å². The van der Waals surface area contributed by atoms with Crippen LogP contribution in [0.15, 0.2) is 48.5 Å². The van der Waals surface area contributed by atoms with Gasteiger partial charge in [-0.1, -0.05) is 24.3 Å². The highest BCUT2D eigenvalue weighted by Crippen LogP contribution is 2.18. The number of aliphatic hydroxyl groups excluding tert-OH is 1. The van der Waals surface area contributed by atoms with Gasteiger partial charge in [-0.25, -0.2) is 4.39 Å². The maximum absolute atomic E-state index is 12.9. The Morgan fingerprint density at radius 1 is 1.14 bits per heavy atom. The molecular weight excluding hydrogens is 279 g/mol. The molecule has 0 radical (unpaired) electrons. The fourth-order valence-electron chi connectivity index (χ4n) is 2.23. The number of hydrogen-bond donors (Lipinski definition) is 2. The molecule has 2 atom stereocenters. The molecule has 0 saturated heterocycles. The van der Waals surface area contributed by atoms with Crippen LogP contribution in [0.4, 0.5) is 4.39 Å². The predicted octanol–water partition coefficient (Wildman–Crippen LogP) is 3.30. The maximum atomic E-state index is 12.9. The zero-order chi connectivity index (χ0) is 15.9. The van der Waals surface area contributed by atoms with Crippen LogP contribution in [0.2, 0.25) is 0 Å². The summed E-state index contributed by atoms with van der Waals surface area (Å²) in [4.78, 5) is 0. The van der Waals surface area contributed by atoms with Gasteiger partial charge in [0.05, 0.1) is 17.7 Å². The lowest BCUT2D eigenvalue weighted by atomic mass is 10.0. The number of nitriles is 1. The highest BCUT2D eigenvalue weighted by atomic mass is 19.1. The fraction of sp³-hybridized carbons (Fsp3) is 0.278. The van der Waals surface area contributed by atoms with Crippen LogP contribution in [0.1, 0.15) is 36.1 Å². The Balaban J connectivity index is 1.83. The van der Waals surface area contributed by atoms with Gasteiger partial charge in [0.1, 0.15) is 5.82 Å². The van der Waals surface area contributed by atoms with Gasteiger partial charge >= 0.3 is 0 Å². The molecule has 0 aromatic heterocycles. The molecule has 2 unspecified atom stereocenters. The van der Waals surface area contributed by atoms with Crippen LogP contribution in [0.3, 0.4) is 0 Å². The summed E-state index contributed by atoms with van der Waals surface area (Å²) in [7, 11) is 0. The summed E-state index contributed by atoms with van der Waals surface area (Å²) in [6, 6.07) is 15.5. The molecule has 2 aromatic carbocycles. The van der Waals surface area contributed by atoms with Crippen LogP contribution in [0, 0.1) is 17.1 Å². The zero-order valence-corrected chi connectivity index (χ0v) is 12.5. The number of halogens is 1. The molecule has 2 rings (SSSR count). The SMILES string of the molecule is CC(CC(O)c1ccc(F)cc1)NCc1ccc(C#N)cc1. The van der Waals surface area contributed by atoms with Crippen LogP contribution in [-0.4, -0.2) is 11.1 Å². The van der Waals surface area contributed by atoms with Gasteiger partial charge in [-0.3, -0.25) is 0 Å². The molecule has 0 aliphatic carbocycles. The topological polar surface area (TPSA) is 56.0 Å². The summed E-state index contributed by atoms with van der Waals surface area (Å²) in [5.41, 5.74) is 2.44. The van der Waals surface area contributed by atoms with E-state index in [4.69, 9.17) is 5.26 Å². The maximum Gasteiger partial charge on any atom is 0.123 e. The van der Waals surface area contributed by atoms with E-state index in [2.05, 4.69) is 11.4 Å². The number of nitrogens with one attached hydrogen (secondary N) is 1. The second kappa shape index (κ2) is 7.69. The van der Waals surface area contributed by atoms with Crippen LogP contribution in [0.25, 0.3) is 0 Å². The Bertz CT molecular complexity index is 632. The normalized spacial score (nSPS) is 13.4. The van der Waals surface area contributed by atoms with Gasteiger partial charge in [0.2, 0.25) is 0 Å². The molecule has 22 heavy (non-hydrogen) atoms. The van der Waals surface area contributed by atoms with E-state index in [1.165, 1.54) is 12.1 Å². The number of hydrogen-bond acceptors (Lipinski definition) is 3. The van der Waals surface area contributed by atoms with E-state index in [9.17, 15) is 9.50 Å². The Morgan fingerprint density at radius 2 is 1.77 bits per heavy atom. The molecular formula is C18H19FN2O. The molecule has 0 bridgehead atoms. The van der Waals surface area contributed by atoms with Crippen molar-refractivity contribution in [2.24, 2.45) is 0 Å². The average molecular weight is 298 g/mol. The number of benzene rings is 2. The summed E-state index contributed by atoms with van der Waals surface area (Å²) in [5, 5.41) is 22.2. The monoisotopic (exact) mass is 298 g/mol. The molecule has 0 saturated carbocycles. The largest absolute Gasteiger partial charge is 0.388 e. The van der Waals surface area contributed by atoms with E-state index < -0.39 is 6.10 Å². The second-order valence-corrected chi connectivity index (χ2v) is 5.39. The summed E-state index contributed by atoms with van der Waals surface area (Å²) in [6.07, 6.45) is -0.0777. The van der Waals surface area contributed by atoms with Gasteiger partial charge in [-0.15, -0.1) is 0 Å². The molecule has 0 aliphatic heterocycles. The van der Waals surface area contributed by atoms with E-state index in [1.54, 1.807) is 24.3 Å². The van der Waals surface area contributed by atoms with Crippen molar-refractivity contribution >= 4 is 0 Å². The van der Waals surface area contributed by atoms with Crippen molar-refractivity contribution in [1.29, 1.82) is 5.26 Å². The highest BCUT2D eigenvalue weighted by molar-refractivity contribution is 5.31. The third-order valence-electron chi connectivity index (χ3n) is 3.57. The Hall–Kier alpha value is -2.22. The number of nitrogens with zero attached hydrogens (tertiary/aromatic N) is 1.